The second kappa shape index (κ2) is 4.27. The van der Waals surface area contributed by atoms with Crippen LogP contribution in [0.15, 0.2) is 35.1 Å². The van der Waals surface area contributed by atoms with Gasteiger partial charge in [-0.1, -0.05) is 30.3 Å². The van der Waals surface area contributed by atoms with E-state index < -0.39 is 0 Å². The molecule has 1 aromatic heterocycles. The minimum atomic E-state index is -0.256. The van der Waals surface area contributed by atoms with Gasteiger partial charge < -0.3 is 5.73 Å². The summed E-state index contributed by atoms with van der Waals surface area (Å²) in [7, 11) is 0. The van der Waals surface area contributed by atoms with Crippen LogP contribution in [0.2, 0.25) is 0 Å². The van der Waals surface area contributed by atoms with Crippen LogP contribution in [0.4, 0.5) is 5.13 Å². The molecular formula is C10H11N3OS. The Kier molecular flexibility index (Phi) is 2.82. The first-order valence-electron chi connectivity index (χ1n) is 4.63. The molecule has 2 rings (SSSR count). The first-order chi connectivity index (χ1) is 7.25. The van der Waals surface area contributed by atoms with Gasteiger partial charge in [0.2, 0.25) is 5.13 Å². The Hall–Kier alpha value is -1.62. The largest absolute Gasteiger partial charge is 0.374 e. The van der Waals surface area contributed by atoms with Gasteiger partial charge in [-0.2, -0.15) is 4.98 Å². The van der Waals surface area contributed by atoms with Gasteiger partial charge in [0.05, 0.1) is 0 Å². The molecule has 5 heteroatoms. The van der Waals surface area contributed by atoms with Crippen LogP contribution in [0, 0.1) is 0 Å². The summed E-state index contributed by atoms with van der Waals surface area (Å²) in [6.07, 6.45) is 0.822. The number of hydrogen-bond donors (Lipinski definition) is 1. The summed E-state index contributed by atoms with van der Waals surface area (Å²) in [4.78, 5) is 14.9. The summed E-state index contributed by atoms with van der Waals surface area (Å²) in [5.74, 6) is 0. The molecule has 78 valence electrons. The van der Waals surface area contributed by atoms with Crippen molar-refractivity contribution in [1.82, 2.24) is 8.94 Å². The molecule has 0 atom stereocenters. The topological polar surface area (TPSA) is 60.9 Å². The van der Waals surface area contributed by atoms with Crippen molar-refractivity contribution in [1.29, 1.82) is 0 Å². The Balaban J connectivity index is 2.05. The zero-order valence-electron chi connectivity index (χ0n) is 8.09. The van der Waals surface area contributed by atoms with Crippen LogP contribution in [0.3, 0.4) is 0 Å². The molecule has 4 nitrogen and oxygen atoms in total. The lowest BCUT2D eigenvalue weighted by Crippen LogP contribution is -2.16. The third kappa shape index (κ3) is 2.44. The van der Waals surface area contributed by atoms with Crippen LogP contribution < -0.4 is 11.4 Å². The molecule has 1 aromatic carbocycles. The minimum Gasteiger partial charge on any atom is -0.374 e. The predicted octanol–water partition coefficient (Wildman–Crippen LogP) is 1.13. The summed E-state index contributed by atoms with van der Waals surface area (Å²) < 4.78 is 1.57. The predicted molar refractivity (Wildman–Crippen MR) is 60.9 cm³/mol. The standard InChI is InChI=1S/C10H11N3OS/c11-9-12-10(14)13(15-9)7-6-8-4-2-1-3-5-8/h1-5H,6-7H2,(H2,11,12,14). The second-order valence-corrected chi connectivity index (χ2v) is 4.20. The number of nitrogens with zero attached hydrogens (tertiary/aromatic N) is 2. The zero-order chi connectivity index (χ0) is 10.7. The van der Waals surface area contributed by atoms with Crippen LogP contribution in [0.5, 0.6) is 0 Å². The second-order valence-electron chi connectivity index (χ2n) is 3.16. The van der Waals surface area contributed by atoms with E-state index in [2.05, 4.69) is 4.98 Å². The fraction of sp³-hybridized carbons (Fsp3) is 0.200. The van der Waals surface area contributed by atoms with Crippen LogP contribution in [-0.4, -0.2) is 8.94 Å². The van der Waals surface area contributed by atoms with E-state index in [1.807, 2.05) is 30.3 Å². The van der Waals surface area contributed by atoms with Crippen molar-refractivity contribution in [2.24, 2.45) is 0 Å². The van der Waals surface area contributed by atoms with Gasteiger partial charge in [-0.15, -0.1) is 0 Å². The maximum absolute atomic E-state index is 11.2. The molecule has 0 spiro atoms. The number of nitrogens with two attached hydrogens (primary N) is 1. The highest BCUT2D eigenvalue weighted by Crippen LogP contribution is 2.05. The van der Waals surface area contributed by atoms with E-state index in [-0.39, 0.29) is 5.69 Å². The fourth-order valence-corrected chi connectivity index (χ4v) is 1.99. The van der Waals surface area contributed by atoms with Crippen LogP contribution in [0.25, 0.3) is 0 Å². The molecule has 0 aliphatic carbocycles. The summed E-state index contributed by atoms with van der Waals surface area (Å²) in [5, 5.41) is 0.327. The number of rotatable bonds is 3. The van der Waals surface area contributed by atoms with Crippen molar-refractivity contribution in [3.63, 3.8) is 0 Å². The third-order valence-electron chi connectivity index (χ3n) is 2.07. The normalized spacial score (nSPS) is 10.4. The molecule has 0 amide bonds. The molecule has 2 aromatic rings. The molecule has 0 fully saturated rings. The molecule has 0 saturated heterocycles. The fourth-order valence-electron chi connectivity index (χ4n) is 1.34. The number of nitrogen functional groups attached to an aromatic ring is 1. The van der Waals surface area contributed by atoms with E-state index in [0.29, 0.717) is 11.7 Å². The molecule has 0 aliphatic heterocycles. The van der Waals surface area contributed by atoms with Crippen molar-refractivity contribution in [2.45, 2.75) is 13.0 Å². The van der Waals surface area contributed by atoms with Gasteiger partial charge >= 0.3 is 5.69 Å². The first-order valence-corrected chi connectivity index (χ1v) is 5.40. The van der Waals surface area contributed by atoms with Gasteiger partial charge in [-0.3, -0.25) is 0 Å². The number of benzene rings is 1. The Labute approximate surface area is 91.2 Å². The van der Waals surface area contributed by atoms with E-state index in [4.69, 9.17) is 5.73 Å². The molecule has 1 heterocycles. The Morgan fingerprint density at radius 1 is 1.33 bits per heavy atom. The smallest absolute Gasteiger partial charge is 0.359 e. The molecule has 0 saturated carbocycles. The molecule has 15 heavy (non-hydrogen) atoms. The van der Waals surface area contributed by atoms with Gasteiger partial charge in [0.25, 0.3) is 0 Å². The van der Waals surface area contributed by atoms with Crippen molar-refractivity contribution in [3.05, 3.63) is 46.4 Å². The Bertz CT molecular complexity index is 489. The lowest BCUT2D eigenvalue weighted by molar-refractivity contribution is 0.719. The molecule has 0 bridgehead atoms. The first kappa shape index (κ1) is 9.92. The zero-order valence-corrected chi connectivity index (χ0v) is 8.91. The summed E-state index contributed by atoms with van der Waals surface area (Å²) in [5.41, 5.74) is 6.38. The Morgan fingerprint density at radius 3 is 2.67 bits per heavy atom. The van der Waals surface area contributed by atoms with E-state index in [0.717, 1.165) is 6.42 Å². The van der Waals surface area contributed by atoms with Crippen molar-refractivity contribution < 1.29 is 0 Å². The number of aryl methyl sites for hydroxylation is 2. The Morgan fingerprint density at radius 2 is 2.07 bits per heavy atom. The average molecular weight is 221 g/mol. The number of aromatic nitrogens is 2. The van der Waals surface area contributed by atoms with Gasteiger partial charge in [-0.25, -0.2) is 8.75 Å². The number of hydrogen-bond acceptors (Lipinski definition) is 4. The molecule has 2 N–H and O–H groups in total. The SMILES string of the molecule is Nc1nc(=O)n(CCc2ccccc2)s1. The third-order valence-corrected chi connectivity index (χ3v) is 2.91. The van der Waals surface area contributed by atoms with Gasteiger partial charge in [-0.05, 0) is 23.5 Å². The highest BCUT2D eigenvalue weighted by atomic mass is 32.1. The average Bonchev–Trinajstić information content (AvgIpc) is 2.56. The lowest BCUT2D eigenvalue weighted by atomic mass is 10.2. The van der Waals surface area contributed by atoms with Gasteiger partial charge in [0, 0.05) is 6.54 Å². The highest BCUT2D eigenvalue weighted by Gasteiger charge is 2.02. The minimum absolute atomic E-state index is 0.256. The van der Waals surface area contributed by atoms with Crippen molar-refractivity contribution in [2.75, 3.05) is 5.73 Å². The number of anilines is 1. The maximum atomic E-state index is 11.2. The lowest BCUT2D eigenvalue weighted by Gasteiger charge is -1.99. The van der Waals surface area contributed by atoms with E-state index in [1.54, 1.807) is 3.96 Å². The highest BCUT2D eigenvalue weighted by molar-refractivity contribution is 7.10. The summed E-state index contributed by atoms with van der Waals surface area (Å²) >= 11 is 1.20. The van der Waals surface area contributed by atoms with Crippen LogP contribution >= 0.6 is 11.5 Å². The summed E-state index contributed by atoms with van der Waals surface area (Å²) in [6, 6.07) is 10.0. The van der Waals surface area contributed by atoms with Crippen LogP contribution in [0.1, 0.15) is 5.56 Å². The van der Waals surface area contributed by atoms with E-state index in [9.17, 15) is 4.79 Å². The quantitative estimate of drug-likeness (QED) is 0.845. The summed E-state index contributed by atoms with van der Waals surface area (Å²) in [6.45, 7) is 0.637. The van der Waals surface area contributed by atoms with Gasteiger partial charge in [0.1, 0.15) is 0 Å². The molecular weight excluding hydrogens is 210 g/mol. The van der Waals surface area contributed by atoms with Crippen molar-refractivity contribution in [3.8, 4) is 0 Å². The molecule has 0 radical (unpaired) electrons. The van der Waals surface area contributed by atoms with Crippen molar-refractivity contribution >= 4 is 16.7 Å². The molecule has 0 aliphatic rings. The van der Waals surface area contributed by atoms with Crippen LogP contribution in [-0.2, 0) is 13.0 Å². The van der Waals surface area contributed by atoms with E-state index in [1.165, 1.54) is 17.1 Å². The van der Waals surface area contributed by atoms with E-state index >= 15 is 0 Å². The van der Waals surface area contributed by atoms with Gasteiger partial charge in [0.15, 0.2) is 0 Å². The maximum Gasteiger partial charge on any atom is 0.359 e. The molecule has 0 unspecified atom stereocenters. The monoisotopic (exact) mass is 221 g/mol.